The van der Waals surface area contributed by atoms with Gasteiger partial charge in [-0.1, -0.05) is 6.07 Å². The molecule has 0 unspecified atom stereocenters. The minimum absolute atomic E-state index is 0.0211. The summed E-state index contributed by atoms with van der Waals surface area (Å²) in [4.78, 5) is 0. The average molecular weight is 260 g/mol. The predicted octanol–water partition coefficient (Wildman–Crippen LogP) is 3.46. The van der Waals surface area contributed by atoms with Gasteiger partial charge in [-0.25, -0.2) is 4.39 Å². The van der Waals surface area contributed by atoms with Gasteiger partial charge in [0.15, 0.2) is 0 Å². The second kappa shape index (κ2) is 4.36. The minimum atomic E-state index is -1.21. The second-order valence-corrected chi connectivity index (χ2v) is 5.49. The van der Waals surface area contributed by atoms with Crippen LogP contribution in [0.3, 0.4) is 0 Å². The third-order valence-electron chi connectivity index (χ3n) is 3.19. The van der Waals surface area contributed by atoms with E-state index in [0.29, 0.717) is 11.2 Å². The highest BCUT2D eigenvalue weighted by molar-refractivity contribution is 5.89. The Balaban J connectivity index is 3.06. The lowest BCUT2D eigenvalue weighted by Crippen LogP contribution is -2.23. The zero-order valence-corrected chi connectivity index (χ0v) is 11.5. The SMILES string of the molecule is CC(C)n1c(C(C)(C)O)c(C#N)c2c(F)cccc21. The molecule has 0 spiro atoms. The molecule has 3 nitrogen and oxygen atoms in total. The van der Waals surface area contributed by atoms with E-state index >= 15 is 0 Å². The lowest BCUT2D eigenvalue weighted by atomic mass is 9.99. The molecule has 0 aliphatic carbocycles. The zero-order chi connectivity index (χ0) is 14.4. The number of nitriles is 1. The van der Waals surface area contributed by atoms with Crippen molar-refractivity contribution in [2.75, 3.05) is 0 Å². The lowest BCUT2D eigenvalue weighted by Gasteiger charge is -2.23. The summed E-state index contributed by atoms with van der Waals surface area (Å²) >= 11 is 0. The molecule has 0 aliphatic rings. The van der Waals surface area contributed by atoms with E-state index in [0.717, 1.165) is 0 Å². The summed E-state index contributed by atoms with van der Waals surface area (Å²) in [5, 5.41) is 20.0. The molecule has 0 fully saturated rings. The summed E-state index contributed by atoms with van der Waals surface area (Å²) < 4.78 is 15.9. The van der Waals surface area contributed by atoms with E-state index < -0.39 is 11.4 Å². The first-order valence-electron chi connectivity index (χ1n) is 6.24. The van der Waals surface area contributed by atoms with Crippen molar-refractivity contribution in [2.24, 2.45) is 0 Å². The maximum absolute atomic E-state index is 14.0. The Morgan fingerprint density at radius 2 is 2.00 bits per heavy atom. The highest BCUT2D eigenvalue weighted by Crippen LogP contribution is 2.36. The lowest BCUT2D eigenvalue weighted by molar-refractivity contribution is 0.0688. The summed E-state index contributed by atoms with van der Waals surface area (Å²) in [6.45, 7) is 7.11. The molecule has 100 valence electrons. The zero-order valence-electron chi connectivity index (χ0n) is 11.5. The average Bonchev–Trinajstić information content (AvgIpc) is 2.64. The fourth-order valence-electron chi connectivity index (χ4n) is 2.57. The summed E-state index contributed by atoms with van der Waals surface area (Å²) in [6, 6.07) is 6.79. The van der Waals surface area contributed by atoms with Gasteiger partial charge in [0.05, 0.1) is 22.2 Å². The van der Waals surface area contributed by atoms with Gasteiger partial charge in [-0.3, -0.25) is 0 Å². The van der Waals surface area contributed by atoms with Gasteiger partial charge in [-0.2, -0.15) is 5.26 Å². The van der Waals surface area contributed by atoms with Gasteiger partial charge in [0.25, 0.3) is 0 Å². The van der Waals surface area contributed by atoms with Crippen molar-refractivity contribution in [1.82, 2.24) is 4.57 Å². The first-order chi connectivity index (χ1) is 8.79. The molecule has 4 heteroatoms. The molecule has 1 aromatic heterocycles. The van der Waals surface area contributed by atoms with E-state index in [1.165, 1.54) is 6.07 Å². The standard InChI is InChI=1S/C15H17FN2O/c1-9(2)18-12-7-5-6-11(16)13(12)10(8-17)14(18)15(3,4)19/h5-7,9,19H,1-4H3. The molecule has 0 amide bonds. The Morgan fingerprint density at radius 1 is 1.37 bits per heavy atom. The number of nitrogens with zero attached hydrogens (tertiary/aromatic N) is 2. The van der Waals surface area contributed by atoms with Gasteiger partial charge in [0.2, 0.25) is 0 Å². The van der Waals surface area contributed by atoms with E-state index in [9.17, 15) is 14.8 Å². The maximum atomic E-state index is 14.0. The van der Waals surface area contributed by atoms with Crippen LogP contribution in [0.4, 0.5) is 4.39 Å². The van der Waals surface area contributed by atoms with E-state index in [2.05, 4.69) is 0 Å². The largest absolute Gasteiger partial charge is 0.384 e. The Labute approximate surface area is 111 Å². The van der Waals surface area contributed by atoms with Crippen LogP contribution in [0.2, 0.25) is 0 Å². The Morgan fingerprint density at radius 3 is 2.47 bits per heavy atom. The van der Waals surface area contributed by atoms with Crippen molar-refractivity contribution in [3.8, 4) is 6.07 Å². The molecule has 2 aromatic rings. The van der Waals surface area contributed by atoms with E-state index in [1.54, 1.807) is 26.0 Å². The van der Waals surface area contributed by atoms with Crippen molar-refractivity contribution >= 4 is 10.9 Å². The number of rotatable bonds is 2. The molecule has 1 aromatic carbocycles. The van der Waals surface area contributed by atoms with Crippen LogP contribution in [0.15, 0.2) is 18.2 Å². The van der Waals surface area contributed by atoms with E-state index in [4.69, 9.17) is 0 Å². The van der Waals surface area contributed by atoms with Gasteiger partial charge in [-0.05, 0) is 39.8 Å². The van der Waals surface area contributed by atoms with Gasteiger partial charge in [0.1, 0.15) is 17.5 Å². The van der Waals surface area contributed by atoms with Crippen molar-refractivity contribution in [1.29, 1.82) is 5.26 Å². The van der Waals surface area contributed by atoms with Crippen LogP contribution in [-0.4, -0.2) is 9.67 Å². The van der Waals surface area contributed by atoms with Crippen LogP contribution in [0.1, 0.15) is 45.0 Å². The molecule has 0 bridgehead atoms. The molecule has 1 N–H and O–H groups in total. The van der Waals surface area contributed by atoms with Crippen molar-refractivity contribution < 1.29 is 9.50 Å². The third kappa shape index (κ3) is 2.00. The Kier molecular flexibility index (Phi) is 3.11. The topological polar surface area (TPSA) is 49.0 Å². The Bertz CT molecular complexity index is 672. The van der Waals surface area contributed by atoms with Crippen LogP contribution in [-0.2, 0) is 5.60 Å². The van der Waals surface area contributed by atoms with E-state index in [-0.39, 0.29) is 17.0 Å². The number of hydrogen-bond donors (Lipinski definition) is 1. The summed E-state index contributed by atoms with van der Waals surface area (Å²) in [7, 11) is 0. The fraction of sp³-hybridized carbons (Fsp3) is 0.400. The third-order valence-corrected chi connectivity index (χ3v) is 3.19. The number of benzene rings is 1. The second-order valence-electron chi connectivity index (χ2n) is 5.49. The summed E-state index contributed by atoms with van der Waals surface area (Å²) in [5.74, 6) is -0.432. The normalized spacial score (nSPS) is 12.1. The molecule has 0 aliphatic heterocycles. The van der Waals surface area contributed by atoms with Gasteiger partial charge in [0, 0.05) is 6.04 Å². The smallest absolute Gasteiger partial charge is 0.133 e. The molecule has 0 saturated heterocycles. The first kappa shape index (κ1) is 13.6. The van der Waals surface area contributed by atoms with Gasteiger partial charge in [-0.15, -0.1) is 0 Å². The van der Waals surface area contributed by atoms with Crippen LogP contribution in [0.25, 0.3) is 10.9 Å². The monoisotopic (exact) mass is 260 g/mol. The molecular formula is C15H17FN2O. The highest BCUT2D eigenvalue weighted by Gasteiger charge is 2.30. The number of hydrogen-bond acceptors (Lipinski definition) is 2. The number of aromatic nitrogens is 1. The number of aliphatic hydroxyl groups is 1. The van der Waals surface area contributed by atoms with Crippen LogP contribution in [0, 0.1) is 17.1 Å². The van der Waals surface area contributed by atoms with Crippen LogP contribution < -0.4 is 0 Å². The summed E-state index contributed by atoms with van der Waals surface area (Å²) in [5.41, 5.74) is 0.115. The fourth-order valence-corrected chi connectivity index (χ4v) is 2.57. The molecule has 19 heavy (non-hydrogen) atoms. The van der Waals surface area contributed by atoms with Gasteiger partial charge < -0.3 is 9.67 Å². The predicted molar refractivity (Wildman–Crippen MR) is 72.2 cm³/mol. The highest BCUT2D eigenvalue weighted by atomic mass is 19.1. The Hall–Kier alpha value is -1.86. The maximum Gasteiger partial charge on any atom is 0.133 e. The molecular weight excluding hydrogens is 243 g/mol. The minimum Gasteiger partial charge on any atom is -0.384 e. The van der Waals surface area contributed by atoms with E-state index in [1.807, 2.05) is 24.5 Å². The number of fused-ring (bicyclic) bond motifs is 1. The molecule has 0 saturated carbocycles. The molecule has 1 heterocycles. The quantitative estimate of drug-likeness (QED) is 0.898. The van der Waals surface area contributed by atoms with Crippen molar-refractivity contribution in [2.45, 2.75) is 39.3 Å². The summed E-state index contributed by atoms with van der Waals surface area (Å²) in [6.07, 6.45) is 0. The molecule has 2 rings (SSSR count). The van der Waals surface area contributed by atoms with Crippen molar-refractivity contribution in [3.05, 3.63) is 35.3 Å². The first-order valence-corrected chi connectivity index (χ1v) is 6.24. The van der Waals surface area contributed by atoms with Gasteiger partial charge >= 0.3 is 0 Å². The molecule has 0 atom stereocenters. The van der Waals surface area contributed by atoms with Crippen molar-refractivity contribution in [3.63, 3.8) is 0 Å². The molecule has 0 radical (unpaired) electrons. The van der Waals surface area contributed by atoms with Crippen LogP contribution in [0.5, 0.6) is 0 Å². The van der Waals surface area contributed by atoms with Crippen LogP contribution >= 0.6 is 0 Å². The number of halogens is 1.